The van der Waals surface area contributed by atoms with E-state index in [1.165, 1.54) is 24.3 Å². The SMILES string of the molecule is Cc1nc2ccc(-c3cnc(Oc4ccc(F)cc4)nc3)cn2c1C. The Balaban J connectivity index is 1.61. The van der Waals surface area contributed by atoms with Gasteiger partial charge in [0.25, 0.3) is 0 Å². The van der Waals surface area contributed by atoms with Crippen LogP contribution in [0, 0.1) is 19.7 Å². The van der Waals surface area contributed by atoms with E-state index in [4.69, 9.17) is 4.74 Å². The molecule has 6 heteroatoms. The second-order valence-electron chi connectivity index (χ2n) is 5.74. The summed E-state index contributed by atoms with van der Waals surface area (Å²) in [5, 5.41) is 0. The van der Waals surface area contributed by atoms with Crippen LogP contribution in [-0.2, 0) is 0 Å². The standard InChI is InChI=1S/C19H15FN4O/c1-12-13(2)24-11-14(3-8-18(24)23-12)15-9-21-19(22-10-15)25-17-6-4-16(20)5-7-17/h3-11H,1-2H3. The molecule has 4 rings (SSSR count). The van der Waals surface area contributed by atoms with Gasteiger partial charge in [-0.2, -0.15) is 0 Å². The molecule has 0 bridgehead atoms. The van der Waals surface area contributed by atoms with Gasteiger partial charge in [0.2, 0.25) is 0 Å². The van der Waals surface area contributed by atoms with Gasteiger partial charge in [0.05, 0.1) is 5.69 Å². The molecule has 0 spiro atoms. The lowest BCUT2D eigenvalue weighted by molar-refractivity contribution is 0.440. The molecule has 0 atom stereocenters. The number of halogens is 1. The zero-order chi connectivity index (χ0) is 17.4. The first-order valence-corrected chi connectivity index (χ1v) is 7.81. The van der Waals surface area contributed by atoms with Crippen molar-refractivity contribution < 1.29 is 9.13 Å². The van der Waals surface area contributed by atoms with Crippen molar-refractivity contribution in [3.05, 3.63) is 72.2 Å². The normalized spacial score (nSPS) is 11.0. The molecular formula is C19H15FN4O. The lowest BCUT2D eigenvalue weighted by atomic mass is 10.1. The Labute approximate surface area is 143 Å². The molecule has 0 unspecified atom stereocenters. The van der Waals surface area contributed by atoms with Crippen molar-refractivity contribution in [1.82, 2.24) is 19.4 Å². The van der Waals surface area contributed by atoms with Crippen LogP contribution in [0.5, 0.6) is 11.8 Å². The van der Waals surface area contributed by atoms with E-state index >= 15 is 0 Å². The molecule has 0 N–H and O–H groups in total. The maximum atomic E-state index is 12.9. The van der Waals surface area contributed by atoms with E-state index in [1.54, 1.807) is 12.4 Å². The van der Waals surface area contributed by atoms with Crippen molar-refractivity contribution in [3.63, 3.8) is 0 Å². The van der Waals surface area contributed by atoms with Gasteiger partial charge >= 0.3 is 6.01 Å². The van der Waals surface area contributed by atoms with Crippen LogP contribution in [0.3, 0.4) is 0 Å². The highest BCUT2D eigenvalue weighted by atomic mass is 19.1. The minimum absolute atomic E-state index is 0.214. The molecule has 0 saturated heterocycles. The molecule has 0 amide bonds. The summed E-state index contributed by atoms with van der Waals surface area (Å²) >= 11 is 0. The number of benzene rings is 1. The molecule has 124 valence electrons. The van der Waals surface area contributed by atoms with Crippen LogP contribution in [0.2, 0.25) is 0 Å². The van der Waals surface area contributed by atoms with Crippen LogP contribution in [-0.4, -0.2) is 19.4 Å². The van der Waals surface area contributed by atoms with E-state index in [1.807, 2.05) is 36.6 Å². The van der Waals surface area contributed by atoms with Crippen molar-refractivity contribution in [2.24, 2.45) is 0 Å². The Morgan fingerprint density at radius 3 is 2.36 bits per heavy atom. The largest absolute Gasteiger partial charge is 0.424 e. The predicted octanol–water partition coefficient (Wildman–Crippen LogP) is 4.34. The van der Waals surface area contributed by atoms with E-state index in [9.17, 15) is 4.39 Å². The average molecular weight is 334 g/mol. The van der Waals surface area contributed by atoms with Crippen molar-refractivity contribution in [2.75, 3.05) is 0 Å². The summed E-state index contributed by atoms with van der Waals surface area (Å²) in [4.78, 5) is 13.0. The summed E-state index contributed by atoms with van der Waals surface area (Å²) in [6.07, 6.45) is 5.42. The molecule has 4 aromatic rings. The van der Waals surface area contributed by atoms with Crippen LogP contribution >= 0.6 is 0 Å². The molecule has 0 saturated carbocycles. The molecule has 25 heavy (non-hydrogen) atoms. The van der Waals surface area contributed by atoms with Gasteiger partial charge < -0.3 is 9.14 Å². The fourth-order valence-corrected chi connectivity index (χ4v) is 2.58. The first-order chi connectivity index (χ1) is 12.1. The first kappa shape index (κ1) is 15.3. The Kier molecular flexibility index (Phi) is 3.65. The van der Waals surface area contributed by atoms with Crippen LogP contribution in [0.1, 0.15) is 11.4 Å². The van der Waals surface area contributed by atoms with Gasteiger partial charge in [-0.15, -0.1) is 0 Å². The molecule has 1 aromatic carbocycles. The zero-order valence-corrected chi connectivity index (χ0v) is 13.8. The fourth-order valence-electron chi connectivity index (χ4n) is 2.58. The highest BCUT2D eigenvalue weighted by Gasteiger charge is 2.07. The smallest absolute Gasteiger partial charge is 0.321 e. The second kappa shape index (κ2) is 5.98. The number of pyridine rings is 1. The molecule has 3 heterocycles. The summed E-state index contributed by atoms with van der Waals surface area (Å²) in [5.74, 6) is 0.170. The lowest BCUT2D eigenvalue weighted by Gasteiger charge is -2.06. The molecular weight excluding hydrogens is 319 g/mol. The molecule has 0 radical (unpaired) electrons. The molecule has 0 aliphatic carbocycles. The number of aryl methyl sites for hydroxylation is 2. The topological polar surface area (TPSA) is 52.3 Å². The fraction of sp³-hybridized carbons (Fsp3) is 0.105. The number of hydrogen-bond acceptors (Lipinski definition) is 4. The Morgan fingerprint density at radius 1 is 0.920 bits per heavy atom. The summed E-state index contributed by atoms with van der Waals surface area (Å²) in [6.45, 7) is 4.03. The highest BCUT2D eigenvalue weighted by Crippen LogP contribution is 2.23. The molecule has 0 aliphatic rings. The molecule has 5 nitrogen and oxygen atoms in total. The third-order valence-electron chi connectivity index (χ3n) is 4.08. The molecule has 0 aliphatic heterocycles. The van der Waals surface area contributed by atoms with Crippen LogP contribution in [0.25, 0.3) is 16.8 Å². The van der Waals surface area contributed by atoms with E-state index in [-0.39, 0.29) is 11.8 Å². The zero-order valence-electron chi connectivity index (χ0n) is 13.8. The number of nitrogens with zero attached hydrogens (tertiary/aromatic N) is 4. The van der Waals surface area contributed by atoms with E-state index in [2.05, 4.69) is 15.0 Å². The summed E-state index contributed by atoms with van der Waals surface area (Å²) < 4.78 is 20.5. The van der Waals surface area contributed by atoms with Gasteiger partial charge in [0, 0.05) is 35.4 Å². The number of fused-ring (bicyclic) bond motifs is 1. The van der Waals surface area contributed by atoms with Gasteiger partial charge in [-0.3, -0.25) is 0 Å². The predicted molar refractivity (Wildman–Crippen MR) is 92.2 cm³/mol. The number of ether oxygens (including phenoxy) is 1. The molecule has 0 fully saturated rings. The van der Waals surface area contributed by atoms with Crippen LogP contribution < -0.4 is 4.74 Å². The lowest BCUT2D eigenvalue weighted by Crippen LogP contribution is -1.94. The Morgan fingerprint density at radius 2 is 1.64 bits per heavy atom. The van der Waals surface area contributed by atoms with E-state index in [0.717, 1.165) is 28.2 Å². The average Bonchev–Trinajstić information content (AvgIpc) is 2.92. The van der Waals surface area contributed by atoms with Gasteiger partial charge in [0.15, 0.2) is 0 Å². The number of hydrogen-bond donors (Lipinski definition) is 0. The number of rotatable bonds is 3. The highest BCUT2D eigenvalue weighted by molar-refractivity contribution is 5.63. The molecule has 3 aromatic heterocycles. The minimum atomic E-state index is -0.316. The van der Waals surface area contributed by atoms with Gasteiger partial charge in [-0.25, -0.2) is 19.3 Å². The van der Waals surface area contributed by atoms with Crippen molar-refractivity contribution >= 4 is 5.65 Å². The number of imidazole rings is 1. The summed E-state index contributed by atoms with van der Waals surface area (Å²) in [6, 6.07) is 9.89. The Bertz CT molecular complexity index is 1040. The second-order valence-corrected chi connectivity index (χ2v) is 5.74. The van der Waals surface area contributed by atoms with Gasteiger partial charge in [-0.05, 0) is 50.2 Å². The van der Waals surface area contributed by atoms with Crippen LogP contribution in [0.4, 0.5) is 4.39 Å². The number of aromatic nitrogens is 4. The summed E-state index contributed by atoms with van der Waals surface area (Å²) in [7, 11) is 0. The van der Waals surface area contributed by atoms with E-state index in [0.29, 0.717) is 5.75 Å². The summed E-state index contributed by atoms with van der Waals surface area (Å²) in [5.41, 5.74) is 4.89. The first-order valence-electron chi connectivity index (χ1n) is 7.81. The third kappa shape index (κ3) is 2.94. The van der Waals surface area contributed by atoms with Gasteiger partial charge in [-0.1, -0.05) is 0 Å². The van der Waals surface area contributed by atoms with Crippen LogP contribution in [0.15, 0.2) is 55.0 Å². The van der Waals surface area contributed by atoms with Gasteiger partial charge in [0.1, 0.15) is 17.2 Å². The van der Waals surface area contributed by atoms with E-state index < -0.39 is 0 Å². The third-order valence-corrected chi connectivity index (χ3v) is 4.08. The maximum absolute atomic E-state index is 12.9. The Hall–Kier alpha value is -3.28. The minimum Gasteiger partial charge on any atom is -0.424 e. The van der Waals surface area contributed by atoms with Crippen molar-refractivity contribution in [3.8, 4) is 22.9 Å². The quantitative estimate of drug-likeness (QED) is 0.559. The van der Waals surface area contributed by atoms with Crippen molar-refractivity contribution in [2.45, 2.75) is 13.8 Å². The maximum Gasteiger partial charge on any atom is 0.321 e. The van der Waals surface area contributed by atoms with Crippen molar-refractivity contribution in [1.29, 1.82) is 0 Å². The monoisotopic (exact) mass is 334 g/mol.